The molecule has 2 aromatic heterocycles. The zero-order valence-corrected chi connectivity index (χ0v) is 4.68. The first kappa shape index (κ1) is 5.10. The summed E-state index contributed by atoms with van der Waals surface area (Å²) in [7, 11) is 0. The molecule has 2 rings (SSSR count). The highest BCUT2D eigenvalue weighted by Gasteiger charge is 2.06. The van der Waals surface area contributed by atoms with E-state index in [0.717, 1.165) is 0 Å². The summed E-state index contributed by atoms with van der Waals surface area (Å²) < 4.78 is 8.90. The smallest absolute Gasteiger partial charge is 0.282 e. The van der Waals surface area contributed by atoms with Crippen LogP contribution >= 0.6 is 0 Å². The Kier molecular flexibility index (Phi) is 0.970. The molecule has 0 spiro atoms. The van der Waals surface area contributed by atoms with Gasteiger partial charge in [-0.25, -0.2) is 4.63 Å². The van der Waals surface area contributed by atoms with Crippen LogP contribution in [0.15, 0.2) is 15.3 Å². The van der Waals surface area contributed by atoms with E-state index in [-0.39, 0.29) is 5.89 Å². The summed E-state index contributed by atoms with van der Waals surface area (Å²) in [5.74, 6) is 0.251. The molecule has 0 aliphatic heterocycles. The third-order valence-electron chi connectivity index (χ3n) is 0.905. The summed E-state index contributed by atoms with van der Waals surface area (Å²) in [6.45, 7) is 0. The van der Waals surface area contributed by atoms with Crippen LogP contribution in [-0.2, 0) is 0 Å². The van der Waals surface area contributed by atoms with Crippen molar-refractivity contribution >= 4 is 0 Å². The second kappa shape index (κ2) is 1.90. The van der Waals surface area contributed by atoms with Gasteiger partial charge in [0, 0.05) is 0 Å². The molecule has 0 aromatic carbocycles. The van der Waals surface area contributed by atoms with Gasteiger partial charge in [-0.05, 0) is 5.16 Å². The van der Waals surface area contributed by atoms with Crippen LogP contribution in [0.4, 0.5) is 0 Å². The van der Waals surface area contributed by atoms with Crippen LogP contribution in [0, 0.1) is 6.33 Å². The minimum atomic E-state index is 0.251. The maximum atomic E-state index is 4.60. The van der Waals surface area contributed by atoms with E-state index in [1.807, 2.05) is 0 Å². The molecule has 2 heterocycles. The van der Waals surface area contributed by atoms with E-state index in [2.05, 4.69) is 35.9 Å². The van der Waals surface area contributed by atoms with Crippen molar-refractivity contribution in [2.45, 2.75) is 0 Å². The quantitative estimate of drug-likeness (QED) is 0.547. The van der Waals surface area contributed by atoms with Crippen LogP contribution in [0.3, 0.4) is 0 Å². The topological polar surface area (TPSA) is 77.8 Å². The molecule has 0 N–H and O–H groups in total. The van der Waals surface area contributed by atoms with Gasteiger partial charge < -0.3 is 4.52 Å². The van der Waals surface area contributed by atoms with Crippen molar-refractivity contribution in [3.63, 3.8) is 0 Å². The van der Waals surface area contributed by atoms with Gasteiger partial charge in [0.05, 0.1) is 0 Å². The molecule has 0 bridgehead atoms. The molecule has 2 aromatic rings. The first-order valence-corrected chi connectivity index (χ1v) is 2.44. The molecule has 1 radical (unpaired) electrons. The zero-order valence-electron chi connectivity index (χ0n) is 4.68. The monoisotopic (exact) mass is 137 g/mol. The number of nitrogens with zero attached hydrogens (tertiary/aromatic N) is 4. The van der Waals surface area contributed by atoms with Crippen molar-refractivity contribution in [1.82, 2.24) is 20.5 Å². The lowest BCUT2D eigenvalue weighted by molar-refractivity contribution is 0.306. The van der Waals surface area contributed by atoms with Crippen LogP contribution in [0.25, 0.3) is 11.6 Å². The minimum absolute atomic E-state index is 0.251. The van der Waals surface area contributed by atoms with Gasteiger partial charge in [0.1, 0.15) is 6.20 Å². The summed E-state index contributed by atoms with van der Waals surface area (Å²) in [4.78, 5) is 3.59. The molecule has 0 fully saturated rings. The highest BCUT2D eigenvalue weighted by Crippen LogP contribution is 2.08. The molecule has 0 aliphatic rings. The standard InChI is InChI=1S/C4HN4O2/c1-3(8-10-6-1)4-5-2-7-9-4/h1H. The molecular formula is C4HN4O2. The van der Waals surface area contributed by atoms with E-state index >= 15 is 0 Å². The summed E-state index contributed by atoms with van der Waals surface area (Å²) in [6, 6.07) is 0. The average Bonchev–Trinajstić information content (AvgIpc) is 2.59. The van der Waals surface area contributed by atoms with Gasteiger partial charge in [-0.1, -0.05) is 10.3 Å². The van der Waals surface area contributed by atoms with Gasteiger partial charge in [-0.2, -0.15) is 4.98 Å². The predicted molar refractivity (Wildman–Crippen MR) is 26.4 cm³/mol. The predicted octanol–water partition coefficient (Wildman–Crippen LogP) is -0.0802. The SMILES string of the molecule is [c]1noc(-c2cnon2)n1. The lowest BCUT2D eigenvalue weighted by Gasteiger charge is -1.75. The average molecular weight is 137 g/mol. The molecule has 0 saturated carbocycles. The molecule has 0 saturated heterocycles. The molecule has 6 nitrogen and oxygen atoms in total. The Bertz CT molecular complexity index is 255. The van der Waals surface area contributed by atoms with Crippen LogP contribution in [0.2, 0.25) is 0 Å². The Labute approximate surface area is 54.8 Å². The van der Waals surface area contributed by atoms with E-state index in [9.17, 15) is 0 Å². The number of rotatable bonds is 1. The second-order valence-electron chi connectivity index (χ2n) is 1.49. The molecule has 10 heavy (non-hydrogen) atoms. The Morgan fingerprint density at radius 2 is 2.50 bits per heavy atom. The van der Waals surface area contributed by atoms with Crippen molar-refractivity contribution in [3.05, 3.63) is 12.5 Å². The van der Waals surface area contributed by atoms with E-state index in [4.69, 9.17) is 0 Å². The fraction of sp³-hybridized carbons (Fsp3) is 0. The lowest BCUT2D eigenvalue weighted by Crippen LogP contribution is -1.73. The van der Waals surface area contributed by atoms with Crippen LogP contribution < -0.4 is 0 Å². The summed E-state index contributed by atoms with van der Waals surface area (Å²) >= 11 is 0. The van der Waals surface area contributed by atoms with Crippen molar-refractivity contribution in [1.29, 1.82) is 0 Å². The third kappa shape index (κ3) is 0.661. The molecule has 49 valence electrons. The van der Waals surface area contributed by atoms with Gasteiger partial charge in [0.25, 0.3) is 5.89 Å². The van der Waals surface area contributed by atoms with Crippen LogP contribution in [0.1, 0.15) is 0 Å². The van der Waals surface area contributed by atoms with Gasteiger partial charge in [-0.15, -0.1) is 0 Å². The zero-order chi connectivity index (χ0) is 6.81. The molecular weight excluding hydrogens is 136 g/mol. The van der Waals surface area contributed by atoms with E-state index < -0.39 is 0 Å². The first-order chi connectivity index (χ1) is 4.97. The number of hydrogen-bond donors (Lipinski definition) is 0. The Morgan fingerprint density at radius 3 is 3.10 bits per heavy atom. The molecule has 0 aliphatic carbocycles. The highest BCUT2D eigenvalue weighted by molar-refractivity contribution is 5.41. The molecule has 0 unspecified atom stereocenters. The first-order valence-electron chi connectivity index (χ1n) is 2.44. The maximum absolute atomic E-state index is 4.60. The Hall–Kier alpha value is -1.72. The van der Waals surface area contributed by atoms with Crippen LogP contribution in [-0.4, -0.2) is 20.5 Å². The van der Waals surface area contributed by atoms with Gasteiger partial charge >= 0.3 is 0 Å². The van der Waals surface area contributed by atoms with Crippen LogP contribution in [0.5, 0.6) is 0 Å². The van der Waals surface area contributed by atoms with E-state index in [1.165, 1.54) is 6.20 Å². The molecule has 0 atom stereocenters. The molecule has 0 amide bonds. The highest BCUT2D eigenvalue weighted by atomic mass is 16.6. The fourth-order valence-electron chi connectivity index (χ4n) is 0.513. The normalized spacial score (nSPS) is 10.0. The summed E-state index contributed by atoms with van der Waals surface area (Å²) in [6.07, 6.45) is 3.62. The second-order valence-corrected chi connectivity index (χ2v) is 1.49. The maximum Gasteiger partial charge on any atom is 0.282 e. The Morgan fingerprint density at radius 1 is 1.50 bits per heavy atom. The van der Waals surface area contributed by atoms with Crippen molar-refractivity contribution < 1.29 is 9.15 Å². The van der Waals surface area contributed by atoms with E-state index in [0.29, 0.717) is 5.69 Å². The summed E-state index contributed by atoms with van der Waals surface area (Å²) in [5, 5.41) is 10.1. The van der Waals surface area contributed by atoms with Gasteiger partial charge in [-0.3, -0.25) is 0 Å². The molecule has 6 heteroatoms. The van der Waals surface area contributed by atoms with Crippen molar-refractivity contribution in [2.24, 2.45) is 0 Å². The van der Waals surface area contributed by atoms with Gasteiger partial charge in [0.15, 0.2) is 5.69 Å². The number of hydrogen-bond acceptors (Lipinski definition) is 6. The Balaban J connectivity index is 2.48. The van der Waals surface area contributed by atoms with Crippen molar-refractivity contribution in [2.75, 3.05) is 0 Å². The third-order valence-corrected chi connectivity index (χ3v) is 0.905. The summed E-state index contributed by atoms with van der Waals surface area (Å²) in [5.41, 5.74) is 0.411. The van der Waals surface area contributed by atoms with E-state index in [1.54, 1.807) is 0 Å². The van der Waals surface area contributed by atoms with Gasteiger partial charge in [0.2, 0.25) is 6.33 Å². The number of aromatic nitrogens is 4. The minimum Gasteiger partial charge on any atom is -0.332 e. The fourth-order valence-corrected chi connectivity index (χ4v) is 0.513. The largest absolute Gasteiger partial charge is 0.332 e. The lowest BCUT2D eigenvalue weighted by atomic mass is 10.5. The van der Waals surface area contributed by atoms with Crippen molar-refractivity contribution in [3.8, 4) is 11.6 Å².